The van der Waals surface area contributed by atoms with Gasteiger partial charge in [0.15, 0.2) is 0 Å². The first-order valence-corrected chi connectivity index (χ1v) is 6.23. The Morgan fingerprint density at radius 2 is 1.60 bits per heavy atom. The fourth-order valence-electron chi connectivity index (χ4n) is 1.79. The Morgan fingerprint density at radius 3 is 2.15 bits per heavy atom. The third kappa shape index (κ3) is 3.68. The number of carbonyl (C=O) groups excluding carboxylic acids is 1. The molecule has 0 radical (unpaired) electrons. The third-order valence-corrected chi connectivity index (χ3v) is 2.90. The first-order valence-electron chi connectivity index (χ1n) is 6.23. The van der Waals surface area contributed by atoms with Crippen molar-refractivity contribution < 1.29 is 14.7 Å². The molecule has 0 bridgehead atoms. The summed E-state index contributed by atoms with van der Waals surface area (Å²) in [6.45, 7) is 1.99. The van der Waals surface area contributed by atoms with Crippen LogP contribution < -0.4 is 5.32 Å². The standard InChI is InChI=1S/C16H15NO3/c1-11-2-4-12(5-3-11)10-15(18)17-14-8-6-13(7-9-14)16(19)20/h2-9H,10H2,1H3,(H,17,18)(H,19,20). The summed E-state index contributed by atoms with van der Waals surface area (Å²) in [5, 5.41) is 11.5. The van der Waals surface area contributed by atoms with Crippen molar-refractivity contribution in [2.45, 2.75) is 13.3 Å². The van der Waals surface area contributed by atoms with Crippen LogP contribution in [0.1, 0.15) is 21.5 Å². The quantitative estimate of drug-likeness (QED) is 0.896. The highest BCUT2D eigenvalue weighted by atomic mass is 16.4. The van der Waals surface area contributed by atoms with Gasteiger partial charge in [-0.1, -0.05) is 29.8 Å². The van der Waals surface area contributed by atoms with E-state index < -0.39 is 5.97 Å². The number of hydrogen-bond acceptors (Lipinski definition) is 2. The van der Waals surface area contributed by atoms with Gasteiger partial charge in [-0.15, -0.1) is 0 Å². The number of rotatable bonds is 4. The summed E-state index contributed by atoms with van der Waals surface area (Å²) in [5.74, 6) is -1.11. The average molecular weight is 269 g/mol. The summed E-state index contributed by atoms with van der Waals surface area (Å²) in [7, 11) is 0. The largest absolute Gasteiger partial charge is 0.478 e. The number of carboxylic acids is 1. The monoisotopic (exact) mass is 269 g/mol. The number of aryl methyl sites for hydroxylation is 1. The summed E-state index contributed by atoms with van der Waals surface area (Å²) in [6.07, 6.45) is 0.293. The maximum Gasteiger partial charge on any atom is 0.335 e. The van der Waals surface area contributed by atoms with E-state index in [2.05, 4.69) is 5.32 Å². The highest BCUT2D eigenvalue weighted by Gasteiger charge is 2.06. The molecule has 4 nitrogen and oxygen atoms in total. The molecule has 0 aliphatic carbocycles. The van der Waals surface area contributed by atoms with E-state index in [0.717, 1.165) is 11.1 Å². The van der Waals surface area contributed by atoms with E-state index in [0.29, 0.717) is 12.1 Å². The number of amides is 1. The molecule has 0 spiro atoms. The highest BCUT2D eigenvalue weighted by Crippen LogP contribution is 2.11. The van der Waals surface area contributed by atoms with E-state index in [1.54, 1.807) is 12.1 Å². The lowest BCUT2D eigenvalue weighted by Crippen LogP contribution is -2.14. The third-order valence-electron chi connectivity index (χ3n) is 2.90. The second kappa shape index (κ2) is 6.02. The number of carbonyl (C=O) groups is 2. The first kappa shape index (κ1) is 13.8. The average Bonchev–Trinajstić information content (AvgIpc) is 2.42. The zero-order valence-corrected chi connectivity index (χ0v) is 11.1. The lowest BCUT2D eigenvalue weighted by molar-refractivity contribution is -0.115. The van der Waals surface area contributed by atoms with Crippen LogP contribution in [-0.4, -0.2) is 17.0 Å². The lowest BCUT2D eigenvalue weighted by Gasteiger charge is -2.06. The summed E-state index contributed by atoms with van der Waals surface area (Å²) >= 11 is 0. The summed E-state index contributed by atoms with van der Waals surface area (Å²) < 4.78 is 0. The number of hydrogen-bond donors (Lipinski definition) is 2. The zero-order chi connectivity index (χ0) is 14.5. The van der Waals surface area contributed by atoms with Crippen molar-refractivity contribution >= 4 is 17.6 Å². The molecule has 2 aromatic rings. The predicted molar refractivity (Wildman–Crippen MR) is 76.9 cm³/mol. The molecule has 0 atom stereocenters. The van der Waals surface area contributed by atoms with Gasteiger partial charge in [0.05, 0.1) is 12.0 Å². The van der Waals surface area contributed by atoms with E-state index >= 15 is 0 Å². The van der Waals surface area contributed by atoms with E-state index in [4.69, 9.17) is 5.11 Å². The van der Waals surface area contributed by atoms with Gasteiger partial charge < -0.3 is 10.4 Å². The van der Waals surface area contributed by atoms with Gasteiger partial charge in [-0.3, -0.25) is 4.79 Å². The molecular formula is C16H15NO3. The van der Waals surface area contributed by atoms with Gasteiger partial charge in [-0.05, 0) is 36.8 Å². The number of anilines is 1. The normalized spacial score (nSPS) is 10.1. The van der Waals surface area contributed by atoms with Crippen molar-refractivity contribution in [2.75, 3.05) is 5.32 Å². The lowest BCUT2D eigenvalue weighted by atomic mass is 10.1. The van der Waals surface area contributed by atoms with Crippen molar-refractivity contribution in [1.29, 1.82) is 0 Å². The van der Waals surface area contributed by atoms with Crippen molar-refractivity contribution in [3.63, 3.8) is 0 Å². The second-order valence-corrected chi connectivity index (χ2v) is 4.59. The van der Waals surface area contributed by atoms with E-state index in [1.807, 2.05) is 31.2 Å². The van der Waals surface area contributed by atoms with Crippen LogP contribution in [0.25, 0.3) is 0 Å². The molecule has 2 aromatic carbocycles. The first-order chi connectivity index (χ1) is 9.54. The molecule has 0 aliphatic rings. The number of benzene rings is 2. The molecule has 20 heavy (non-hydrogen) atoms. The van der Waals surface area contributed by atoms with Crippen LogP contribution in [0.3, 0.4) is 0 Å². The molecule has 0 fully saturated rings. The van der Waals surface area contributed by atoms with Crippen LogP contribution in [0.4, 0.5) is 5.69 Å². The summed E-state index contributed by atoms with van der Waals surface area (Å²) in [5.41, 5.74) is 2.88. The topological polar surface area (TPSA) is 66.4 Å². The minimum atomic E-state index is -0.984. The van der Waals surface area contributed by atoms with Crippen molar-refractivity contribution in [3.05, 3.63) is 65.2 Å². The van der Waals surface area contributed by atoms with Crippen molar-refractivity contribution in [2.24, 2.45) is 0 Å². The van der Waals surface area contributed by atoms with E-state index in [9.17, 15) is 9.59 Å². The molecule has 2 N–H and O–H groups in total. The van der Waals surface area contributed by atoms with Crippen LogP contribution >= 0.6 is 0 Å². The van der Waals surface area contributed by atoms with Crippen LogP contribution in [0.2, 0.25) is 0 Å². The molecule has 0 unspecified atom stereocenters. The Kier molecular flexibility index (Phi) is 4.15. The molecule has 0 aromatic heterocycles. The Bertz CT molecular complexity index is 615. The maximum absolute atomic E-state index is 11.9. The molecule has 2 rings (SSSR count). The van der Waals surface area contributed by atoms with Gasteiger partial charge >= 0.3 is 5.97 Å². The fraction of sp³-hybridized carbons (Fsp3) is 0.125. The van der Waals surface area contributed by atoms with E-state index in [1.165, 1.54) is 12.1 Å². The SMILES string of the molecule is Cc1ccc(CC(=O)Nc2ccc(C(=O)O)cc2)cc1. The summed E-state index contributed by atoms with van der Waals surface area (Å²) in [6, 6.07) is 13.8. The van der Waals surface area contributed by atoms with Crippen LogP contribution in [-0.2, 0) is 11.2 Å². The maximum atomic E-state index is 11.9. The van der Waals surface area contributed by atoms with Gasteiger partial charge in [0, 0.05) is 5.69 Å². The Morgan fingerprint density at radius 1 is 1.00 bits per heavy atom. The fourth-order valence-corrected chi connectivity index (χ4v) is 1.79. The molecule has 0 heterocycles. The highest BCUT2D eigenvalue weighted by molar-refractivity contribution is 5.93. The number of nitrogens with one attached hydrogen (secondary N) is 1. The van der Waals surface area contributed by atoms with Crippen LogP contribution in [0.15, 0.2) is 48.5 Å². The minimum Gasteiger partial charge on any atom is -0.478 e. The Hall–Kier alpha value is -2.62. The summed E-state index contributed by atoms with van der Waals surface area (Å²) in [4.78, 5) is 22.6. The van der Waals surface area contributed by atoms with Gasteiger partial charge in [0.2, 0.25) is 5.91 Å². The van der Waals surface area contributed by atoms with E-state index in [-0.39, 0.29) is 11.5 Å². The zero-order valence-electron chi connectivity index (χ0n) is 11.1. The van der Waals surface area contributed by atoms with Gasteiger partial charge in [-0.2, -0.15) is 0 Å². The van der Waals surface area contributed by atoms with Gasteiger partial charge in [0.1, 0.15) is 0 Å². The minimum absolute atomic E-state index is 0.128. The molecule has 0 saturated heterocycles. The smallest absolute Gasteiger partial charge is 0.335 e. The van der Waals surface area contributed by atoms with Crippen LogP contribution in [0.5, 0.6) is 0 Å². The molecular weight excluding hydrogens is 254 g/mol. The Labute approximate surface area is 117 Å². The molecule has 1 amide bonds. The Balaban J connectivity index is 1.97. The van der Waals surface area contributed by atoms with Crippen molar-refractivity contribution in [1.82, 2.24) is 0 Å². The van der Waals surface area contributed by atoms with Gasteiger partial charge in [-0.25, -0.2) is 4.79 Å². The molecule has 0 saturated carbocycles. The van der Waals surface area contributed by atoms with Crippen LogP contribution in [0, 0.1) is 6.92 Å². The molecule has 4 heteroatoms. The number of aromatic carboxylic acids is 1. The van der Waals surface area contributed by atoms with Gasteiger partial charge in [0.25, 0.3) is 0 Å². The number of carboxylic acid groups (broad SMARTS) is 1. The molecule has 0 aliphatic heterocycles. The second-order valence-electron chi connectivity index (χ2n) is 4.59. The predicted octanol–water partition coefficient (Wildman–Crippen LogP) is 2.87. The van der Waals surface area contributed by atoms with Crippen molar-refractivity contribution in [3.8, 4) is 0 Å². The molecule has 102 valence electrons.